The van der Waals surface area contributed by atoms with Crippen molar-refractivity contribution in [3.05, 3.63) is 35.9 Å². The standard InChI is InChI=1S/C12H16N2O4S/c1-9(2)13-19(17,18)14-11-5-3-4-10(8-11)6-7-12(15)16/h3-9,13-14H,1-2H3,(H,15,16)/b7-6+. The lowest BCUT2D eigenvalue weighted by Gasteiger charge is -2.11. The van der Waals surface area contributed by atoms with E-state index in [4.69, 9.17) is 5.11 Å². The first-order chi connectivity index (χ1) is 8.78. The van der Waals surface area contributed by atoms with Crippen molar-refractivity contribution in [1.29, 1.82) is 0 Å². The molecule has 0 aliphatic carbocycles. The van der Waals surface area contributed by atoms with Crippen LogP contribution in [-0.4, -0.2) is 25.5 Å². The number of hydrogen-bond acceptors (Lipinski definition) is 3. The van der Waals surface area contributed by atoms with E-state index in [9.17, 15) is 13.2 Å². The van der Waals surface area contributed by atoms with Gasteiger partial charge in [-0.05, 0) is 37.6 Å². The van der Waals surface area contributed by atoms with Gasteiger partial charge in [-0.3, -0.25) is 4.72 Å². The molecule has 1 aromatic rings. The van der Waals surface area contributed by atoms with Crippen molar-refractivity contribution in [2.45, 2.75) is 19.9 Å². The number of anilines is 1. The van der Waals surface area contributed by atoms with Gasteiger partial charge in [-0.1, -0.05) is 12.1 Å². The van der Waals surface area contributed by atoms with Crippen molar-refractivity contribution >= 4 is 27.9 Å². The number of hydrogen-bond donors (Lipinski definition) is 3. The van der Waals surface area contributed by atoms with Crippen molar-refractivity contribution in [2.24, 2.45) is 0 Å². The van der Waals surface area contributed by atoms with Crippen LogP contribution < -0.4 is 9.44 Å². The monoisotopic (exact) mass is 284 g/mol. The van der Waals surface area contributed by atoms with Crippen molar-refractivity contribution in [3.8, 4) is 0 Å². The van der Waals surface area contributed by atoms with Gasteiger partial charge in [-0.25, -0.2) is 4.79 Å². The zero-order chi connectivity index (χ0) is 14.5. The molecule has 1 aromatic carbocycles. The molecule has 0 unspecified atom stereocenters. The summed E-state index contributed by atoms with van der Waals surface area (Å²) in [7, 11) is -3.62. The number of carboxylic acid groups (broad SMARTS) is 1. The third-order valence-corrected chi connectivity index (χ3v) is 3.23. The third-order valence-electron chi connectivity index (χ3n) is 1.95. The van der Waals surface area contributed by atoms with Gasteiger partial charge in [0, 0.05) is 12.1 Å². The van der Waals surface area contributed by atoms with Crippen LogP contribution >= 0.6 is 0 Å². The minimum Gasteiger partial charge on any atom is -0.478 e. The van der Waals surface area contributed by atoms with E-state index >= 15 is 0 Å². The molecule has 6 nitrogen and oxygen atoms in total. The number of carboxylic acids is 1. The van der Waals surface area contributed by atoms with Crippen LogP contribution in [0.1, 0.15) is 19.4 Å². The highest BCUT2D eigenvalue weighted by molar-refractivity contribution is 7.90. The fraction of sp³-hybridized carbons (Fsp3) is 0.250. The van der Waals surface area contributed by atoms with Gasteiger partial charge in [0.05, 0.1) is 5.69 Å². The Morgan fingerprint density at radius 1 is 1.37 bits per heavy atom. The molecule has 0 amide bonds. The summed E-state index contributed by atoms with van der Waals surface area (Å²) >= 11 is 0. The second-order valence-electron chi connectivity index (χ2n) is 4.18. The fourth-order valence-corrected chi connectivity index (χ4v) is 2.49. The van der Waals surface area contributed by atoms with Gasteiger partial charge in [0.25, 0.3) is 10.2 Å². The molecule has 0 aliphatic heterocycles. The molecule has 0 fully saturated rings. The van der Waals surface area contributed by atoms with Gasteiger partial charge in [-0.2, -0.15) is 13.1 Å². The van der Waals surface area contributed by atoms with Gasteiger partial charge >= 0.3 is 5.97 Å². The lowest BCUT2D eigenvalue weighted by atomic mass is 10.2. The molecule has 3 N–H and O–H groups in total. The maximum Gasteiger partial charge on any atom is 0.328 e. The zero-order valence-electron chi connectivity index (χ0n) is 10.6. The van der Waals surface area contributed by atoms with Crippen molar-refractivity contribution < 1.29 is 18.3 Å². The third kappa shape index (κ3) is 6.03. The molecule has 0 spiro atoms. The molecule has 7 heteroatoms. The van der Waals surface area contributed by atoms with E-state index in [0.717, 1.165) is 6.08 Å². The van der Waals surface area contributed by atoms with E-state index in [2.05, 4.69) is 9.44 Å². The topological polar surface area (TPSA) is 95.5 Å². The Morgan fingerprint density at radius 3 is 2.63 bits per heavy atom. The Hall–Kier alpha value is -1.86. The number of aliphatic carboxylic acids is 1. The molecular weight excluding hydrogens is 268 g/mol. The van der Waals surface area contributed by atoms with Crippen LogP contribution in [0.3, 0.4) is 0 Å². The average Bonchev–Trinajstić information content (AvgIpc) is 2.24. The molecule has 1 rings (SSSR count). The second kappa shape index (κ2) is 6.35. The van der Waals surface area contributed by atoms with E-state index in [0.29, 0.717) is 11.3 Å². The summed E-state index contributed by atoms with van der Waals surface area (Å²) in [6.45, 7) is 3.43. The average molecular weight is 284 g/mol. The molecule has 0 bridgehead atoms. The number of nitrogens with one attached hydrogen (secondary N) is 2. The van der Waals surface area contributed by atoms with Crippen LogP contribution in [0.2, 0.25) is 0 Å². The lowest BCUT2D eigenvalue weighted by molar-refractivity contribution is -0.131. The van der Waals surface area contributed by atoms with Crippen molar-refractivity contribution in [3.63, 3.8) is 0 Å². The minimum atomic E-state index is -3.62. The summed E-state index contributed by atoms with van der Waals surface area (Å²) in [6, 6.07) is 6.21. The van der Waals surface area contributed by atoms with Crippen molar-refractivity contribution in [2.75, 3.05) is 4.72 Å². The Morgan fingerprint density at radius 2 is 2.05 bits per heavy atom. The van der Waals surface area contributed by atoms with Crippen LogP contribution in [0, 0.1) is 0 Å². The first kappa shape index (κ1) is 15.2. The van der Waals surface area contributed by atoms with Gasteiger partial charge in [0.2, 0.25) is 0 Å². The molecule has 104 valence electrons. The predicted octanol–water partition coefficient (Wildman–Crippen LogP) is 1.44. The first-order valence-electron chi connectivity index (χ1n) is 5.59. The predicted molar refractivity (Wildman–Crippen MR) is 73.9 cm³/mol. The maximum atomic E-state index is 11.7. The van der Waals surface area contributed by atoms with E-state index < -0.39 is 16.2 Å². The fourth-order valence-electron chi connectivity index (χ4n) is 1.37. The number of carbonyl (C=O) groups is 1. The summed E-state index contributed by atoms with van der Waals surface area (Å²) in [4.78, 5) is 10.4. The van der Waals surface area contributed by atoms with Crippen molar-refractivity contribution in [1.82, 2.24) is 4.72 Å². The second-order valence-corrected chi connectivity index (χ2v) is 5.62. The molecule has 0 heterocycles. The SMILES string of the molecule is CC(C)NS(=O)(=O)Nc1cccc(/C=C/C(=O)O)c1. The Bertz CT molecular complexity index is 579. The largest absolute Gasteiger partial charge is 0.478 e. The molecule has 0 aromatic heterocycles. The lowest BCUT2D eigenvalue weighted by Crippen LogP contribution is -2.35. The highest BCUT2D eigenvalue weighted by Gasteiger charge is 2.10. The molecule has 19 heavy (non-hydrogen) atoms. The Labute approximate surface area is 112 Å². The van der Waals surface area contributed by atoms with Crippen LogP contribution in [0.4, 0.5) is 5.69 Å². The number of benzene rings is 1. The van der Waals surface area contributed by atoms with E-state index in [1.54, 1.807) is 38.1 Å². The van der Waals surface area contributed by atoms with Crippen LogP contribution in [-0.2, 0) is 15.0 Å². The van der Waals surface area contributed by atoms with Gasteiger partial charge < -0.3 is 5.11 Å². The smallest absolute Gasteiger partial charge is 0.328 e. The summed E-state index contributed by atoms with van der Waals surface area (Å²) in [5, 5.41) is 8.52. The highest BCUT2D eigenvalue weighted by atomic mass is 32.2. The van der Waals surface area contributed by atoms with Gasteiger partial charge in [0.1, 0.15) is 0 Å². The number of rotatable bonds is 6. The van der Waals surface area contributed by atoms with E-state index in [1.807, 2.05) is 0 Å². The highest BCUT2D eigenvalue weighted by Crippen LogP contribution is 2.13. The quantitative estimate of drug-likeness (QED) is 0.689. The molecule has 0 saturated heterocycles. The zero-order valence-corrected chi connectivity index (χ0v) is 11.4. The summed E-state index contributed by atoms with van der Waals surface area (Å²) in [5.41, 5.74) is 0.952. The van der Waals surface area contributed by atoms with Crippen LogP contribution in [0.15, 0.2) is 30.3 Å². The van der Waals surface area contributed by atoms with Crippen LogP contribution in [0.5, 0.6) is 0 Å². The summed E-state index contributed by atoms with van der Waals surface area (Å²) in [5.74, 6) is -1.06. The normalized spacial score (nSPS) is 11.9. The summed E-state index contributed by atoms with van der Waals surface area (Å²) in [6.07, 6.45) is 2.37. The Kier molecular flexibility index (Phi) is 5.08. The Balaban J connectivity index is 2.86. The van der Waals surface area contributed by atoms with Crippen LogP contribution in [0.25, 0.3) is 6.08 Å². The van der Waals surface area contributed by atoms with Gasteiger partial charge in [-0.15, -0.1) is 0 Å². The minimum absolute atomic E-state index is 0.215. The summed E-state index contributed by atoms with van der Waals surface area (Å²) < 4.78 is 28.1. The van der Waals surface area contributed by atoms with E-state index in [-0.39, 0.29) is 6.04 Å². The maximum absolute atomic E-state index is 11.7. The molecule has 0 aliphatic rings. The molecule has 0 radical (unpaired) electrons. The molecular formula is C12H16N2O4S. The van der Waals surface area contributed by atoms with E-state index in [1.165, 1.54) is 6.08 Å². The first-order valence-corrected chi connectivity index (χ1v) is 7.08. The molecule has 0 saturated carbocycles. The molecule has 0 atom stereocenters. The van der Waals surface area contributed by atoms with Gasteiger partial charge in [0.15, 0.2) is 0 Å².